The third kappa shape index (κ3) is 1.33. The zero-order valence-corrected chi connectivity index (χ0v) is 11.4. The van der Waals surface area contributed by atoms with Crippen LogP contribution in [0.3, 0.4) is 0 Å². The summed E-state index contributed by atoms with van der Waals surface area (Å²) in [5.74, 6) is -33.1. The van der Waals surface area contributed by atoms with E-state index in [0.29, 0.717) is 0 Å². The van der Waals surface area contributed by atoms with Crippen LogP contribution in [-0.2, 0) is 0 Å². The predicted octanol–water partition coefficient (Wildman–Crippen LogP) is 4.00. The molecule has 2 fully saturated rings. The van der Waals surface area contributed by atoms with E-state index in [4.69, 9.17) is 5.11 Å². The third-order valence-corrected chi connectivity index (χ3v) is 4.92. The molecule has 0 aromatic carbocycles. The summed E-state index contributed by atoms with van der Waals surface area (Å²) in [5.41, 5.74) is -17.1. The molecule has 4 unspecified atom stereocenters. The lowest BCUT2D eigenvalue weighted by Gasteiger charge is -2.65. The highest BCUT2D eigenvalue weighted by molar-refractivity contribution is 5.36. The minimum atomic E-state index is -7.19. The summed E-state index contributed by atoms with van der Waals surface area (Å²) in [6, 6.07) is 0. The average Bonchev–Trinajstić information content (AvgIpc) is 2.42. The number of rotatable bonds is 1. The van der Waals surface area contributed by atoms with Gasteiger partial charge in [0.05, 0.1) is 0 Å². The van der Waals surface area contributed by atoms with E-state index >= 15 is 0 Å². The fraction of sp³-hybridized carbons (Fsp3) is 1.00. The van der Waals surface area contributed by atoms with E-state index in [2.05, 4.69) is 0 Å². The second kappa shape index (κ2) is 4.09. The van der Waals surface area contributed by atoms with Crippen molar-refractivity contribution >= 4 is 0 Å². The van der Waals surface area contributed by atoms with Gasteiger partial charge < -0.3 is 5.11 Å². The van der Waals surface area contributed by atoms with Crippen LogP contribution in [0.15, 0.2) is 0 Å². The SMILES string of the molecule is CC12CC(F)(CF)C(F)(F)C(F)(C(F)(F)C(O)(F)C1(F)F)C2(F)F. The Bertz CT molecular complexity index is 563. The fourth-order valence-electron chi connectivity index (χ4n) is 3.29. The van der Waals surface area contributed by atoms with E-state index in [1.807, 2.05) is 0 Å². The minimum absolute atomic E-state index is 0.583. The van der Waals surface area contributed by atoms with Crippen molar-refractivity contribution in [2.45, 2.75) is 54.2 Å². The van der Waals surface area contributed by atoms with Crippen LogP contribution in [0, 0.1) is 5.41 Å². The Hall–Kier alpha value is -0.880. The van der Waals surface area contributed by atoms with E-state index in [1.54, 1.807) is 0 Å². The smallest absolute Gasteiger partial charge is 0.352 e. The van der Waals surface area contributed by atoms with E-state index in [0.717, 1.165) is 0 Å². The Morgan fingerprint density at radius 3 is 1.50 bits per heavy atom. The molecule has 2 aliphatic rings. The zero-order chi connectivity index (χ0) is 19.4. The highest BCUT2D eigenvalue weighted by Gasteiger charge is 3.05. The lowest BCUT2D eigenvalue weighted by atomic mass is 9.49. The highest BCUT2D eigenvalue weighted by atomic mass is 19.3. The summed E-state index contributed by atoms with van der Waals surface area (Å²) < 4.78 is 165. The van der Waals surface area contributed by atoms with Crippen LogP contribution in [0.1, 0.15) is 13.3 Å². The molecule has 1 N–H and O–H groups in total. The van der Waals surface area contributed by atoms with Crippen LogP contribution in [0.2, 0.25) is 0 Å². The maximum Gasteiger partial charge on any atom is 0.357 e. The van der Waals surface area contributed by atoms with Gasteiger partial charge in [-0.3, -0.25) is 0 Å². The maximum absolute atomic E-state index is 14.3. The van der Waals surface area contributed by atoms with Crippen LogP contribution >= 0.6 is 0 Å². The number of alkyl halides is 12. The standard InChI is InChI=1S/C11H8F12O/c1-4-2-5(13,3-12)9(19,20)6(14,7(4,15)16)10(21,22)11(23,24)8(4,17)18/h24H,2-3H2,1H3. The Kier molecular flexibility index (Phi) is 3.31. The molecule has 0 spiro atoms. The molecule has 0 radical (unpaired) electrons. The number of fused-ring (bicyclic) bond motifs is 2. The first-order valence-corrected chi connectivity index (χ1v) is 6.13. The number of hydrogen-bond donors (Lipinski definition) is 1. The molecular formula is C11H8F12O. The van der Waals surface area contributed by atoms with Gasteiger partial charge in [-0.05, 0) is 6.92 Å². The van der Waals surface area contributed by atoms with Crippen molar-refractivity contribution in [3.05, 3.63) is 0 Å². The largest absolute Gasteiger partial charge is 0.357 e. The molecule has 0 aromatic rings. The van der Waals surface area contributed by atoms with Gasteiger partial charge in [-0.2, -0.15) is 30.7 Å². The summed E-state index contributed by atoms with van der Waals surface area (Å²) in [7, 11) is 0. The fourth-order valence-corrected chi connectivity index (χ4v) is 3.29. The molecule has 0 aromatic heterocycles. The molecule has 24 heavy (non-hydrogen) atoms. The maximum atomic E-state index is 14.3. The van der Waals surface area contributed by atoms with Gasteiger partial charge in [0.1, 0.15) is 12.1 Å². The number of halogens is 12. The Labute approximate surface area is 125 Å². The molecule has 0 aliphatic heterocycles. The first kappa shape index (κ1) is 19.4. The highest BCUT2D eigenvalue weighted by Crippen LogP contribution is 2.78. The zero-order valence-electron chi connectivity index (χ0n) is 11.4. The molecule has 0 amide bonds. The summed E-state index contributed by atoms with van der Waals surface area (Å²) in [6.07, 6.45) is -2.93. The average molecular weight is 384 g/mol. The lowest BCUT2D eigenvalue weighted by Crippen LogP contribution is -2.92. The monoisotopic (exact) mass is 384 g/mol. The molecule has 1 nitrogen and oxygen atoms in total. The summed E-state index contributed by atoms with van der Waals surface area (Å²) in [4.78, 5) is 0. The van der Waals surface area contributed by atoms with Gasteiger partial charge in [0, 0.05) is 6.42 Å². The van der Waals surface area contributed by atoms with Gasteiger partial charge in [-0.15, -0.1) is 0 Å². The first-order chi connectivity index (χ1) is 10.3. The molecule has 4 atom stereocenters. The molecule has 13 heteroatoms. The molecule has 2 saturated carbocycles. The quantitative estimate of drug-likeness (QED) is 0.678. The summed E-state index contributed by atoms with van der Waals surface area (Å²) in [6.45, 7) is -3.67. The van der Waals surface area contributed by atoms with Crippen LogP contribution < -0.4 is 0 Å². The molecule has 0 saturated heterocycles. The van der Waals surface area contributed by atoms with E-state index in [1.165, 1.54) is 0 Å². The van der Waals surface area contributed by atoms with Gasteiger partial charge in [-0.25, -0.2) is 22.0 Å². The molecule has 142 valence electrons. The third-order valence-electron chi connectivity index (χ3n) is 4.92. The lowest BCUT2D eigenvalue weighted by molar-refractivity contribution is -0.527. The molecule has 0 heterocycles. The Balaban J connectivity index is 3.03. The van der Waals surface area contributed by atoms with Gasteiger partial charge in [-0.1, -0.05) is 0 Å². The Morgan fingerprint density at radius 2 is 1.12 bits per heavy atom. The van der Waals surface area contributed by atoms with Crippen molar-refractivity contribution in [1.29, 1.82) is 0 Å². The molecule has 2 aliphatic carbocycles. The second-order valence-electron chi connectivity index (χ2n) is 6.19. The number of aliphatic hydroxyl groups is 1. The Morgan fingerprint density at radius 1 is 0.708 bits per heavy atom. The predicted molar refractivity (Wildman–Crippen MR) is 52.2 cm³/mol. The van der Waals surface area contributed by atoms with E-state index < -0.39 is 66.3 Å². The van der Waals surface area contributed by atoms with Crippen LogP contribution in [0.5, 0.6) is 0 Å². The molecular weight excluding hydrogens is 376 g/mol. The molecule has 2 rings (SSSR count). The summed E-state index contributed by atoms with van der Waals surface area (Å²) in [5, 5.41) is 8.68. The molecule has 2 bridgehead atoms. The van der Waals surface area contributed by atoms with Crippen molar-refractivity contribution in [3.8, 4) is 0 Å². The van der Waals surface area contributed by atoms with Crippen molar-refractivity contribution in [1.82, 2.24) is 0 Å². The minimum Gasteiger partial charge on any atom is -0.352 e. The van der Waals surface area contributed by atoms with Crippen molar-refractivity contribution in [3.63, 3.8) is 0 Å². The van der Waals surface area contributed by atoms with Gasteiger partial charge in [0.15, 0.2) is 0 Å². The normalized spacial score (nSPS) is 51.2. The van der Waals surface area contributed by atoms with Gasteiger partial charge in [0.2, 0.25) is 5.67 Å². The summed E-state index contributed by atoms with van der Waals surface area (Å²) >= 11 is 0. The second-order valence-corrected chi connectivity index (χ2v) is 6.19. The van der Waals surface area contributed by atoms with Crippen molar-refractivity contribution < 1.29 is 57.8 Å². The number of hydrogen-bond acceptors (Lipinski definition) is 1. The van der Waals surface area contributed by atoms with Crippen molar-refractivity contribution in [2.24, 2.45) is 5.41 Å². The first-order valence-electron chi connectivity index (χ1n) is 6.13. The van der Waals surface area contributed by atoms with Crippen molar-refractivity contribution in [2.75, 3.05) is 6.67 Å². The van der Waals surface area contributed by atoms with Crippen LogP contribution in [0.25, 0.3) is 0 Å². The van der Waals surface area contributed by atoms with E-state index in [-0.39, 0.29) is 0 Å². The van der Waals surface area contributed by atoms with Crippen LogP contribution in [0.4, 0.5) is 52.7 Å². The van der Waals surface area contributed by atoms with Gasteiger partial charge >= 0.3 is 35.2 Å². The van der Waals surface area contributed by atoms with Gasteiger partial charge in [0.25, 0.3) is 0 Å². The van der Waals surface area contributed by atoms with Crippen LogP contribution in [-0.4, -0.2) is 52.7 Å². The topological polar surface area (TPSA) is 20.2 Å². The van der Waals surface area contributed by atoms with E-state index in [9.17, 15) is 52.7 Å².